The number of Topliss-reactive ketones (excluding diaryl/α,β-unsaturated/α-hetero) is 2. The Bertz CT molecular complexity index is 1050. The van der Waals surface area contributed by atoms with Crippen molar-refractivity contribution in [2.45, 2.75) is 43.9 Å². The summed E-state index contributed by atoms with van der Waals surface area (Å²) in [6.07, 6.45) is -2.47. The van der Waals surface area contributed by atoms with Gasteiger partial charge >= 0.3 is 0 Å². The van der Waals surface area contributed by atoms with Crippen LogP contribution in [-0.2, 0) is 9.47 Å². The number of ketones is 2. The number of hydrogen-bond acceptors (Lipinski definition) is 6. The molecule has 144 valence electrons. The fourth-order valence-corrected chi connectivity index (χ4v) is 4.59. The van der Waals surface area contributed by atoms with E-state index < -0.39 is 24.1 Å². The Balaban J connectivity index is 1.60. The number of hydrogen-bond donors (Lipinski definition) is 2. The lowest BCUT2D eigenvalue weighted by Gasteiger charge is -2.41. The van der Waals surface area contributed by atoms with Crippen LogP contribution in [-0.4, -0.2) is 52.5 Å². The van der Waals surface area contributed by atoms with Crippen LogP contribution < -0.4 is 0 Å². The molecule has 1 heterocycles. The molecule has 2 aromatic rings. The first-order valence-corrected chi connectivity index (χ1v) is 9.40. The maximum atomic E-state index is 13.2. The number of benzene rings is 2. The first-order chi connectivity index (χ1) is 13.4. The van der Waals surface area contributed by atoms with Crippen LogP contribution in [0.3, 0.4) is 0 Å². The molecule has 6 nitrogen and oxygen atoms in total. The highest BCUT2D eigenvalue weighted by Gasteiger charge is 2.51. The normalized spacial score (nSPS) is 32.6. The molecule has 1 fully saturated rings. The third-order valence-electron chi connectivity index (χ3n) is 6.02. The van der Waals surface area contributed by atoms with E-state index in [1.807, 2.05) is 24.3 Å². The Hall–Kier alpha value is -2.38. The van der Waals surface area contributed by atoms with Crippen LogP contribution in [0.5, 0.6) is 0 Å². The summed E-state index contributed by atoms with van der Waals surface area (Å²) in [6, 6.07) is 10.9. The number of ether oxygens (including phenoxy) is 2. The number of carbonyl (C=O) groups excluding carboxylic acids is 2. The molecule has 2 aliphatic carbocycles. The second-order valence-electron chi connectivity index (χ2n) is 7.82. The molecule has 0 radical (unpaired) electrons. The topological polar surface area (TPSA) is 93.1 Å². The highest BCUT2D eigenvalue weighted by Crippen LogP contribution is 2.43. The largest absolute Gasteiger partial charge is 0.388 e. The van der Waals surface area contributed by atoms with Crippen LogP contribution in [0.15, 0.2) is 47.5 Å². The molecule has 0 spiro atoms. The number of fused-ring (bicyclic) bond motifs is 2. The average molecular weight is 380 g/mol. The average Bonchev–Trinajstić information content (AvgIpc) is 3.12. The third-order valence-corrected chi connectivity index (χ3v) is 6.02. The van der Waals surface area contributed by atoms with Gasteiger partial charge in [-0.3, -0.25) is 9.59 Å². The highest BCUT2D eigenvalue weighted by molar-refractivity contribution is 6.28. The van der Waals surface area contributed by atoms with Gasteiger partial charge in [0.1, 0.15) is 11.7 Å². The predicted molar refractivity (Wildman–Crippen MR) is 100 cm³/mol. The van der Waals surface area contributed by atoms with E-state index in [0.717, 1.165) is 10.8 Å². The van der Waals surface area contributed by atoms with Gasteiger partial charge < -0.3 is 19.7 Å². The lowest BCUT2D eigenvalue weighted by molar-refractivity contribution is -0.126. The van der Waals surface area contributed by atoms with Gasteiger partial charge in [-0.05, 0) is 29.8 Å². The maximum absolute atomic E-state index is 13.2. The van der Waals surface area contributed by atoms with Crippen molar-refractivity contribution in [1.29, 1.82) is 0 Å². The molecule has 6 heteroatoms. The Morgan fingerprint density at radius 3 is 2.32 bits per heavy atom. The first-order valence-electron chi connectivity index (χ1n) is 9.40. The van der Waals surface area contributed by atoms with Gasteiger partial charge in [0.25, 0.3) is 0 Å². The molecule has 0 unspecified atom stereocenters. The molecule has 0 saturated carbocycles. The SMILES string of the molecule is C[C@@H]1OC[C@H]([C@@]2(O)CC3=C(C(=O)c4cc5ccccc5cc4C3=O)[C@H](O)C2)O1. The summed E-state index contributed by atoms with van der Waals surface area (Å²) in [5.41, 5.74) is -0.564. The van der Waals surface area contributed by atoms with Gasteiger partial charge in [0.15, 0.2) is 17.9 Å². The van der Waals surface area contributed by atoms with E-state index in [1.165, 1.54) is 0 Å². The lowest BCUT2D eigenvalue weighted by Crippen LogP contribution is -2.52. The Labute approximate surface area is 161 Å². The fraction of sp³-hybridized carbons (Fsp3) is 0.364. The zero-order valence-corrected chi connectivity index (χ0v) is 15.3. The maximum Gasteiger partial charge on any atom is 0.192 e. The van der Waals surface area contributed by atoms with Crippen LogP contribution in [0, 0.1) is 0 Å². The monoisotopic (exact) mass is 380 g/mol. The van der Waals surface area contributed by atoms with Crippen molar-refractivity contribution in [2.24, 2.45) is 0 Å². The van der Waals surface area contributed by atoms with E-state index in [-0.39, 0.29) is 42.2 Å². The molecule has 0 aromatic heterocycles. The molecular formula is C22H20O6. The Morgan fingerprint density at radius 1 is 1.07 bits per heavy atom. The molecule has 0 amide bonds. The summed E-state index contributed by atoms with van der Waals surface area (Å²) in [7, 11) is 0. The first kappa shape index (κ1) is 17.7. The van der Waals surface area contributed by atoms with Crippen LogP contribution in [0.2, 0.25) is 0 Å². The molecule has 28 heavy (non-hydrogen) atoms. The van der Waals surface area contributed by atoms with Gasteiger partial charge in [-0.25, -0.2) is 0 Å². The zero-order valence-electron chi connectivity index (χ0n) is 15.3. The molecule has 0 bridgehead atoms. The van der Waals surface area contributed by atoms with Crippen molar-refractivity contribution in [2.75, 3.05) is 6.61 Å². The van der Waals surface area contributed by atoms with Gasteiger partial charge in [-0.1, -0.05) is 24.3 Å². The van der Waals surface area contributed by atoms with E-state index in [0.29, 0.717) is 11.1 Å². The van der Waals surface area contributed by atoms with Crippen molar-refractivity contribution in [3.63, 3.8) is 0 Å². The smallest absolute Gasteiger partial charge is 0.192 e. The van der Waals surface area contributed by atoms with E-state index in [1.54, 1.807) is 19.1 Å². The van der Waals surface area contributed by atoms with Gasteiger partial charge in [-0.2, -0.15) is 0 Å². The third kappa shape index (κ3) is 2.49. The minimum Gasteiger partial charge on any atom is -0.388 e. The summed E-state index contributed by atoms with van der Waals surface area (Å²) in [4.78, 5) is 26.4. The minimum absolute atomic E-state index is 0.0447. The number of carbonyl (C=O) groups is 2. The summed E-state index contributed by atoms with van der Waals surface area (Å²) in [6.45, 7) is 1.90. The van der Waals surface area contributed by atoms with Crippen LogP contribution in [0.25, 0.3) is 10.8 Å². The van der Waals surface area contributed by atoms with Crippen LogP contribution in [0.1, 0.15) is 40.5 Å². The van der Waals surface area contributed by atoms with Crippen LogP contribution >= 0.6 is 0 Å². The molecule has 2 aromatic carbocycles. The molecule has 1 saturated heterocycles. The van der Waals surface area contributed by atoms with Crippen molar-refractivity contribution in [3.8, 4) is 0 Å². The number of rotatable bonds is 1. The molecule has 3 aliphatic rings. The van der Waals surface area contributed by atoms with Crippen LogP contribution in [0.4, 0.5) is 0 Å². The molecule has 4 atom stereocenters. The minimum atomic E-state index is -1.46. The predicted octanol–water partition coefficient (Wildman–Crippen LogP) is 2.16. The van der Waals surface area contributed by atoms with E-state index in [9.17, 15) is 19.8 Å². The zero-order chi connectivity index (χ0) is 19.6. The summed E-state index contributed by atoms with van der Waals surface area (Å²) in [5, 5.41) is 23.6. The Morgan fingerprint density at radius 2 is 1.71 bits per heavy atom. The van der Waals surface area contributed by atoms with Gasteiger partial charge in [0.05, 0.1) is 12.7 Å². The fourth-order valence-electron chi connectivity index (χ4n) is 4.59. The summed E-state index contributed by atoms with van der Waals surface area (Å²) >= 11 is 0. The van der Waals surface area contributed by atoms with Gasteiger partial charge in [-0.15, -0.1) is 0 Å². The highest BCUT2D eigenvalue weighted by atomic mass is 16.7. The van der Waals surface area contributed by atoms with E-state index in [4.69, 9.17) is 9.47 Å². The summed E-state index contributed by atoms with van der Waals surface area (Å²) < 4.78 is 11.0. The van der Waals surface area contributed by atoms with Crippen molar-refractivity contribution in [3.05, 3.63) is 58.7 Å². The number of aliphatic hydroxyl groups is 2. The molecule has 1 aliphatic heterocycles. The second kappa shape index (κ2) is 6.06. The molecule has 5 rings (SSSR count). The van der Waals surface area contributed by atoms with Crippen molar-refractivity contribution in [1.82, 2.24) is 0 Å². The Kier molecular flexibility index (Phi) is 3.83. The quantitative estimate of drug-likeness (QED) is 0.788. The molecular weight excluding hydrogens is 360 g/mol. The van der Waals surface area contributed by atoms with Gasteiger partial charge in [0, 0.05) is 35.1 Å². The second-order valence-corrected chi connectivity index (χ2v) is 7.82. The van der Waals surface area contributed by atoms with Gasteiger partial charge in [0.2, 0.25) is 0 Å². The van der Waals surface area contributed by atoms with Crippen molar-refractivity contribution < 1.29 is 29.3 Å². The number of aliphatic hydroxyl groups excluding tert-OH is 1. The molecule has 2 N–H and O–H groups in total. The summed E-state index contributed by atoms with van der Waals surface area (Å²) in [5.74, 6) is -0.665. The van der Waals surface area contributed by atoms with Crippen molar-refractivity contribution >= 4 is 22.3 Å². The lowest BCUT2D eigenvalue weighted by atomic mass is 9.69. The van der Waals surface area contributed by atoms with E-state index in [2.05, 4.69) is 0 Å². The van der Waals surface area contributed by atoms with E-state index >= 15 is 0 Å². The standard InChI is InChI=1S/C22H20O6/c1-11-27-10-18(28-11)22(26)8-16-19(17(23)9-22)21(25)15-7-13-5-3-2-4-12(13)6-14(15)20(16)24/h2-7,11,17-18,23,26H,8-10H2,1H3/t11-,17-,18-,22-/m1/s1.